The summed E-state index contributed by atoms with van der Waals surface area (Å²) in [4.78, 5) is 10.8. The fourth-order valence-electron chi connectivity index (χ4n) is 3.23. The minimum absolute atomic E-state index is 0.362. The topological polar surface area (TPSA) is 69.6 Å². The van der Waals surface area contributed by atoms with E-state index in [0.717, 1.165) is 6.42 Å². The van der Waals surface area contributed by atoms with E-state index in [2.05, 4.69) is 9.97 Å². The molecule has 1 aliphatic heterocycles. The van der Waals surface area contributed by atoms with E-state index < -0.39 is 16.3 Å². The Bertz CT molecular complexity index is 933. The lowest BCUT2D eigenvalue weighted by Crippen LogP contribution is -2.40. The third kappa shape index (κ3) is 3.80. The average Bonchev–Trinajstić information content (AvgIpc) is 3.11. The van der Waals surface area contributed by atoms with E-state index in [-0.39, 0.29) is 5.82 Å². The van der Waals surface area contributed by atoms with E-state index >= 15 is 0 Å². The molecule has 9 heteroatoms. The van der Waals surface area contributed by atoms with E-state index in [1.165, 1.54) is 34.8 Å². The van der Waals surface area contributed by atoms with E-state index in [9.17, 15) is 12.8 Å². The Hall–Kier alpha value is -2.10. The summed E-state index contributed by atoms with van der Waals surface area (Å²) in [6.07, 6.45) is 3.03. The molecule has 0 saturated carbocycles. The van der Waals surface area contributed by atoms with Crippen molar-refractivity contribution < 1.29 is 12.8 Å². The predicted octanol–water partition coefficient (Wildman–Crippen LogP) is 2.29. The van der Waals surface area contributed by atoms with Crippen LogP contribution in [0.15, 0.2) is 30.5 Å². The fourth-order valence-corrected chi connectivity index (χ4v) is 4.54. The van der Waals surface area contributed by atoms with Gasteiger partial charge in [0, 0.05) is 46.5 Å². The van der Waals surface area contributed by atoms with Crippen LogP contribution >= 0.6 is 0 Å². The smallest absolute Gasteiger partial charge is 0.282 e. The van der Waals surface area contributed by atoms with Gasteiger partial charge in [-0.15, -0.1) is 0 Å². The van der Waals surface area contributed by atoms with Gasteiger partial charge in [0.05, 0.1) is 11.7 Å². The quantitative estimate of drug-likeness (QED) is 0.780. The van der Waals surface area contributed by atoms with Gasteiger partial charge in [0.25, 0.3) is 10.2 Å². The first-order valence-corrected chi connectivity index (χ1v) is 10.1. The van der Waals surface area contributed by atoms with Crippen LogP contribution in [0.2, 0.25) is 0 Å². The van der Waals surface area contributed by atoms with Crippen molar-refractivity contribution in [3.8, 4) is 11.1 Å². The highest BCUT2D eigenvalue weighted by Crippen LogP contribution is 2.39. The molecule has 146 valence electrons. The van der Waals surface area contributed by atoms with Crippen LogP contribution in [-0.2, 0) is 10.2 Å². The van der Waals surface area contributed by atoms with Gasteiger partial charge in [0.2, 0.25) is 5.95 Å². The first-order chi connectivity index (χ1) is 12.7. The van der Waals surface area contributed by atoms with Gasteiger partial charge in [-0.1, -0.05) is 12.1 Å². The highest BCUT2D eigenvalue weighted by atomic mass is 32.2. The molecule has 0 bridgehead atoms. The summed E-state index contributed by atoms with van der Waals surface area (Å²) in [5, 5.41) is 0. The zero-order valence-corrected chi connectivity index (χ0v) is 16.7. The van der Waals surface area contributed by atoms with Gasteiger partial charge < -0.3 is 4.90 Å². The maximum Gasteiger partial charge on any atom is 0.282 e. The van der Waals surface area contributed by atoms with Crippen molar-refractivity contribution in [1.82, 2.24) is 18.6 Å². The molecule has 0 spiro atoms. The van der Waals surface area contributed by atoms with Gasteiger partial charge in [-0.25, -0.2) is 14.4 Å². The summed E-state index contributed by atoms with van der Waals surface area (Å²) in [5.41, 5.74) is 1.87. The average molecular weight is 393 g/mol. The van der Waals surface area contributed by atoms with Crippen molar-refractivity contribution in [2.75, 3.05) is 39.6 Å². The fraction of sp³-hybridized carbons (Fsp3) is 0.444. The molecule has 0 radical (unpaired) electrons. The molecular weight excluding hydrogens is 369 g/mol. The summed E-state index contributed by atoms with van der Waals surface area (Å²) in [6, 6.07) is 5.77. The second-order valence-electron chi connectivity index (χ2n) is 6.93. The minimum Gasteiger partial charge on any atom is -0.347 e. The Kier molecular flexibility index (Phi) is 5.45. The molecule has 7 nitrogen and oxygen atoms in total. The molecule has 0 unspecified atom stereocenters. The number of anilines is 1. The molecule has 3 rings (SSSR count). The van der Waals surface area contributed by atoms with Gasteiger partial charge in [0.1, 0.15) is 5.82 Å². The van der Waals surface area contributed by atoms with Crippen LogP contribution in [0.3, 0.4) is 0 Å². The normalized spacial score (nSPS) is 18.2. The van der Waals surface area contributed by atoms with Gasteiger partial charge in [-0.05, 0) is 30.5 Å². The molecule has 1 aliphatic rings. The summed E-state index contributed by atoms with van der Waals surface area (Å²) >= 11 is 0. The summed E-state index contributed by atoms with van der Waals surface area (Å²) in [6.45, 7) is 0.426. The first-order valence-electron chi connectivity index (χ1n) is 8.71. The lowest BCUT2D eigenvalue weighted by molar-refractivity contribution is 0.358. The third-order valence-corrected chi connectivity index (χ3v) is 6.57. The van der Waals surface area contributed by atoms with E-state index in [0.29, 0.717) is 35.7 Å². The minimum atomic E-state index is -3.60. The molecule has 1 atom stereocenters. The zero-order valence-electron chi connectivity index (χ0n) is 15.9. The Labute approximate surface area is 159 Å². The highest BCUT2D eigenvalue weighted by Gasteiger charge is 2.38. The Morgan fingerprint density at radius 1 is 1.22 bits per heavy atom. The SMILES string of the molecule is CN(C)c1ncc(-c2cccc(F)c2)c([C@@H]2CCCN2S(=O)(=O)N(C)C)n1. The molecule has 1 fully saturated rings. The molecule has 0 amide bonds. The van der Waals surface area contributed by atoms with Crippen LogP contribution in [-0.4, -0.2) is 61.7 Å². The molecule has 0 N–H and O–H groups in total. The van der Waals surface area contributed by atoms with Crippen molar-refractivity contribution >= 4 is 16.2 Å². The molecule has 1 aromatic heterocycles. The van der Waals surface area contributed by atoms with Crippen molar-refractivity contribution in [2.24, 2.45) is 0 Å². The molecule has 1 aromatic carbocycles. The Morgan fingerprint density at radius 2 is 1.96 bits per heavy atom. The summed E-state index contributed by atoms with van der Waals surface area (Å²) in [7, 11) is 3.09. The first kappa shape index (κ1) is 19.7. The van der Waals surface area contributed by atoms with E-state index in [1.54, 1.807) is 23.2 Å². The molecule has 2 aromatic rings. The van der Waals surface area contributed by atoms with E-state index in [1.807, 2.05) is 14.1 Å². The summed E-state index contributed by atoms with van der Waals surface area (Å²) < 4.78 is 42.0. The Morgan fingerprint density at radius 3 is 2.59 bits per heavy atom. The van der Waals surface area contributed by atoms with Crippen LogP contribution in [0, 0.1) is 5.82 Å². The van der Waals surface area contributed by atoms with E-state index in [4.69, 9.17) is 0 Å². The van der Waals surface area contributed by atoms with Gasteiger partial charge >= 0.3 is 0 Å². The number of hydrogen-bond donors (Lipinski definition) is 0. The highest BCUT2D eigenvalue weighted by molar-refractivity contribution is 7.86. The monoisotopic (exact) mass is 393 g/mol. The maximum atomic E-state index is 13.8. The standard InChI is InChI=1S/C18H24FN5O2S/c1-22(2)18-20-12-15(13-7-5-8-14(19)11-13)17(21-18)16-9-6-10-24(16)27(25,26)23(3)4/h5,7-8,11-12,16H,6,9-10H2,1-4H3/t16-/m0/s1. The van der Waals surface area contributed by atoms with Gasteiger partial charge in [0.15, 0.2) is 0 Å². The van der Waals surface area contributed by atoms with Crippen LogP contribution in [0.4, 0.5) is 10.3 Å². The molecule has 2 heterocycles. The van der Waals surface area contributed by atoms with Gasteiger partial charge in [-0.3, -0.25) is 0 Å². The lowest BCUT2D eigenvalue weighted by Gasteiger charge is -2.28. The van der Waals surface area contributed by atoms with Crippen molar-refractivity contribution in [1.29, 1.82) is 0 Å². The number of halogens is 1. The molecule has 0 aliphatic carbocycles. The molecule has 1 saturated heterocycles. The van der Waals surface area contributed by atoms with Gasteiger partial charge in [-0.2, -0.15) is 17.0 Å². The van der Waals surface area contributed by atoms with Crippen molar-refractivity contribution in [3.05, 3.63) is 42.0 Å². The third-order valence-electron chi connectivity index (χ3n) is 4.62. The number of aromatic nitrogens is 2. The summed E-state index contributed by atoms with van der Waals surface area (Å²) in [5.74, 6) is 0.124. The largest absolute Gasteiger partial charge is 0.347 e. The molecule has 27 heavy (non-hydrogen) atoms. The number of benzene rings is 1. The number of hydrogen-bond acceptors (Lipinski definition) is 5. The number of nitrogens with zero attached hydrogens (tertiary/aromatic N) is 5. The second kappa shape index (κ2) is 7.49. The Balaban J connectivity index is 2.16. The van der Waals surface area contributed by atoms with Crippen molar-refractivity contribution in [2.45, 2.75) is 18.9 Å². The zero-order chi connectivity index (χ0) is 19.8. The van der Waals surface area contributed by atoms with Crippen LogP contribution < -0.4 is 4.90 Å². The molecular formula is C18H24FN5O2S. The second-order valence-corrected chi connectivity index (χ2v) is 9.03. The van der Waals surface area contributed by atoms with Crippen LogP contribution in [0.1, 0.15) is 24.6 Å². The van der Waals surface area contributed by atoms with Crippen LogP contribution in [0.5, 0.6) is 0 Å². The number of rotatable bonds is 5. The predicted molar refractivity (Wildman–Crippen MR) is 103 cm³/mol. The van der Waals surface area contributed by atoms with Crippen LogP contribution in [0.25, 0.3) is 11.1 Å². The maximum absolute atomic E-state index is 13.8. The lowest BCUT2D eigenvalue weighted by atomic mass is 10.0. The van der Waals surface area contributed by atoms with Crippen molar-refractivity contribution in [3.63, 3.8) is 0 Å².